The van der Waals surface area contributed by atoms with Gasteiger partial charge in [0.2, 0.25) is 0 Å². The Morgan fingerprint density at radius 3 is 3.00 bits per heavy atom. The predicted molar refractivity (Wildman–Crippen MR) is 33.2 cm³/mol. The number of hydrogen-bond donors (Lipinski definition) is 2. The molecule has 0 amide bonds. The van der Waals surface area contributed by atoms with Crippen molar-refractivity contribution in [2.75, 3.05) is 26.2 Å². The molecule has 8 heavy (non-hydrogen) atoms. The lowest BCUT2D eigenvalue weighted by Gasteiger charge is -2.09. The quantitative estimate of drug-likeness (QED) is 0.404. The summed E-state index contributed by atoms with van der Waals surface area (Å²) in [5.74, 6) is 5.53. The molecule has 0 aromatic heterocycles. The van der Waals surface area contributed by atoms with Crippen molar-refractivity contribution in [2.24, 2.45) is 5.84 Å². The fourth-order valence-corrected chi connectivity index (χ4v) is 0.867. The minimum Gasteiger partial charge on any atom is -0.315 e. The highest BCUT2D eigenvalue weighted by Crippen LogP contribution is 1.85. The molecule has 1 heterocycles. The number of nitrogens with two attached hydrogens (primary N) is 1. The van der Waals surface area contributed by atoms with Crippen LogP contribution in [0.1, 0.15) is 6.42 Å². The van der Waals surface area contributed by atoms with E-state index in [2.05, 4.69) is 5.32 Å². The second kappa shape index (κ2) is 3.02. The molecule has 3 N–H and O–H groups in total. The van der Waals surface area contributed by atoms with Crippen molar-refractivity contribution in [3.63, 3.8) is 0 Å². The molecule has 0 spiro atoms. The molecule has 0 unspecified atom stereocenters. The van der Waals surface area contributed by atoms with Crippen molar-refractivity contribution < 1.29 is 0 Å². The Hall–Kier alpha value is -0.120. The van der Waals surface area contributed by atoms with Crippen molar-refractivity contribution in [1.82, 2.24) is 10.3 Å². The first-order valence-corrected chi connectivity index (χ1v) is 3.10. The van der Waals surface area contributed by atoms with Gasteiger partial charge in [-0.2, -0.15) is 0 Å². The molecule has 1 fully saturated rings. The molecule has 3 heteroatoms. The lowest BCUT2D eigenvalue weighted by Crippen LogP contribution is -2.34. The molecular weight excluding hydrogens is 102 g/mol. The highest BCUT2D eigenvalue weighted by atomic mass is 15.4. The first-order valence-electron chi connectivity index (χ1n) is 3.10. The second-order valence-corrected chi connectivity index (χ2v) is 2.14. The van der Waals surface area contributed by atoms with E-state index < -0.39 is 0 Å². The third-order valence-corrected chi connectivity index (χ3v) is 1.37. The summed E-state index contributed by atoms with van der Waals surface area (Å²) in [7, 11) is 0. The molecule has 1 aliphatic heterocycles. The molecule has 0 atom stereocenters. The van der Waals surface area contributed by atoms with E-state index in [1.165, 1.54) is 6.42 Å². The lowest BCUT2D eigenvalue weighted by atomic mass is 10.4. The first-order chi connectivity index (χ1) is 3.89. The molecule has 0 radical (unpaired) electrons. The molecule has 0 saturated carbocycles. The van der Waals surface area contributed by atoms with Gasteiger partial charge in [0.15, 0.2) is 0 Å². The van der Waals surface area contributed by atoms with Gasteiger partial charge in [-0.25, -0.2) is 5.01 Å². The molecular formula is C5H13N3. The molecule has 1 rings (SSSR count). The van der Waals surface area contributed by atoms with Gasteiger partial charge in [-0.3, -0.25) is 5.84 Å². The number of nitrogens with zero attached hydrogens (tertiary/aromatic N) is 1. The van der Waals surface area contributed by atoms with Crippen molar-refractivity contribution in [3.8, 4) is 0 Å². The van der Waals surface area contributed by atoms with Crippen LogP contribution in [0.15, 0.2) is 0 Å². The fraction of sp³-hybridized carbons (Fsp3) is 1.00. The van der Waals surface area contributed by atoms with Crippen molar-refractivity contribution in [1.29, 1.82) is 0 Å². The molecule has 1 aliphatic rings. The van der Waals surface area contributed by atoms with E-state index >= 15 is 0 Å². The van der Waals surface area contributed by atoms with E-state index in [0.29, 0.717) is 0 Å². The van der Waals surface area contributed by atoms with Crippen LogP contribution >= 0.6 is 0 Å². The highest BCUT2D eigenvalue weighted by molar-refractivity contribution is 4.59. The molecule has 48 valence electrons. The van der Waals surface area contributed by atoms with Gasteiger partial charge in [-0.05, 0) is 13.0 Å². The normalized spacial score (nSPS) is 25.1. The first kappa shape index (κ1) is 6.01. The number of hydrogen-bond acceptors (Lipinski definition) is 3. The van der Waals surface area contributed by atoms with Crippen LogP contribution in [-0.4, -0.2) is 31.2 Å². The minimum atomic E-state index is 0.986. The van der Waals surface area contributed by atoms with E-state index in [0.717, 1.165) is 26.2 Å². The van der Waals surface area contributed by atoms with Crippen LogP contribution in [0.25, 0.3) is 0 Å². The summed E-state index contributed by atoms with van der Waals surface area (Å²) in [6, 6.07) is 0. The zero-order valence-corrected chi connectivity index (χ0v) is 5.06. The lowest BCUT2D eigenvalue weighted by molar-refractivity contribution is 0.304. The van der Waals surface area contributed by atoms with Crippen LogP contribution in [-0.2, 0) is 0 Å². The highest BCUT2D eigenvalue weighted by Gasteiger charge is 2.01. The number of hydrazine groups is 1. The molecule has 1 saturated heterocycles. The van der Waals surface area contributed by atoms with E-state index in [-0.39, 0.29) is 0 Å². The number of rotatable bonds is 0. The van der Waals surface area contributed by atoms with Gasteiger partial charge in [-0.1, -0.05) is 0 Å². The van der Waals surface area contributed by atoms with Gasteiger partial charge in [0, 0.05) is 19.6 Å². The Bertz CT molecular complexity index is 56.7. The van der Waals surface area contributed by atoms with E-state index in [4.69, 9.17) is 5.84 Å². The summed E-state index contributed by atoms with van der Waals surface area (Å²) in [5.41, 5.74) is 0. The van der Waals surface area contributed by atoms with Gasteiger partial charge in [-0.15, -0.1) is 0 Å². The average Bonchev–Trinajstić information content (AvgIpc) is 1.94. The van der Waals surface area contributed by atoms with Gasteiger partial charge in [0.05, 0.1) is 0 Å². The SMILES string of the molecule is NN1CCCNCC1. The molecule has 0 aromatic carbocycles. The Labute approximate surface area is 49.8 Å². The zero-order chi connectivity index (χ0) is 5.82. The van der Waals surface area contributed by atoms with Crippen LogP contribution in [0.4, 0.5) is 0 Å². The van der Waals surface area contributed by atoms with E-state index in [1.54, 1.807) is 0 Å². The van der Waals surface area contributed by atoms with Crippen LogP contribution in [0.5, 0.6) is 0 Å². The summed E-state index contributed by atoms with van der Waals surface area (Å²) in [4.78, 5) is 0. The molecule has 0 bridgehead atoms. The topological polar surface area (TPSA) is 41.3 Å². The van der Waals surface area contributed by atoms with Gasteiger partial charge >= 0.3 is 0 Å². The predicted octanol–water partition coefficient (Wildman–Crippen LogP) is -0.845. The summed E-state index contributed by atoms with van der Waals surface area (Å²) >= 11 is 0. The second-order valence-electron chi connectivity index (χ2n) is 2.14. The number of nitrogens with one attached hydrogen (secondary N) is 1. The van der Waals surface area contributed by atoms with Gasteiger partial charge in [0.25, 0.3) is 0 Å². The fourth-order valence-electron chi connectivity index (χ4n) is 0.867. The Kier molecular flexibility index (Phi) is 2.27. The summed E-state index contributed by atoms with van der Waals surface area (Å²) in [6.45, 7) is 4.18. The largest absolute Gasteiger partial charge is 0.315 e. The summed E-state index contributed by atoms with van der Waals surface area (Å²) < 4.78 is 0. The minimum absolute atomic E-state index is 0.986. The summed E-state index contributed by atoms with van der Waals surface area (Å²) in [6.07, 6.45) is 1.18. The van der Waals surface area contributed by atoms with Crippen molar-refractivity contribution in [2.45, 2.75) is 6.42 Å². The van der Waals surface area contributed by atoms with Crippen molar-refractivity contribution in [3.05, 3.63) is 0 Å². The van der Waals surface area contributed by atoms with E-state index in [9.17, 15) is 0 Å². The van der Waals surface area contributed by atoms with Crippen molar-refractivity contribution >= 4 is 0 Å². The smallest absolute Gasteiger partial charge is 0.0253 e. The zero-order valence-electron chi connectivity index (χ0n) is 5.06. The maximum absolute atomic E-state index is 5.53. The van der Waals surface area contributed by atoms with Crippen LogP contribution in [0, 0.1) is 0 Å². The molecule has 3 nitrogen and oxygen atoms in total. The Balaban J connectivity index is 2.17. The maximum atomic E-state index is 5.53. The van der Waals surface area contributed by atoms with Crippen LogP contribution in [0.3, 0.4) is 0 Å². The Morgan fingerprint density at radius 2 is 2.12 bits per heavy atom. The molecule has 0 aromatic rings. The van der Waals surface area contributed by atoms with Crippen LogP contribution < -0.4 is 11.2 Å². The Morgan fingerprint density at radius 1 is 1.25 bits per heavy atom. The summed E-state index contributed by atoms with van der Waals surface area (Å²) in [5, 5.41) is 5.12. The molecule has 0 aliphatic carbocycles. The van der Waals surface area contributed by atoms with E-state index in [1.807, 2.05) is 5.01 Å². The average molecular weight is 115 g/mol. The van der Waals surface area contributed by atoms with Gasteiger partial charge in [0.1, 0.15) is 0 Å². The monoisotopic (exact) mass is 115 g/mol. The van der Waals surface area contributed by atoms with Crippen LogP contribution in [0.2, 0.25) is 0 Å². The third kappa shape index (κ3) is 1.78. The maximum Gasteiger partial charge on any atom is 0.0253 e. The third-order valence-electron chi connectivity index (χ3n) is 1.37. The standard InChI is InChI=1S/C5H13N3/c6-8-4-1-2-7-3-5-8/h7H,1-6H2. The van der Waals surface area contributed by atoms with Gasteiger partial charge < -0.3 is 5.32 Å².